The number of nitrogens with one attached hydrogen (secondary N) is 2. The summed E-state index contributed by atoms with van der Waals surface area (Å²) in [7, 11) is 0. The third-order valence-corrected chi connectivity index (χ3v) is 3.39. The molecule has 2 aromatic carbocycles. The fraction of sp³-hybridized carbons (Fsp3) is 0.278. The van der Waals surface area contributed by atoms with Gasteiger partial charge in [-0.3, -0.25) is 14.9 Å². The third-order valence-electron chi connectivity index (χ3n) is 3.39. The van der Waals surface area contributed by atoms with Gasteiger partial charge in [-0.15, -0.1) is 0 Å². The van der Waals surface area contributed by atoms with E-state index in [0.717, 1.165) is 6.42 Å². The van der Waals surface area contributed by atoms with Crippen LogP contribution < -0.4 is 15.4 Å². The second-order valence-electron chi connectivity index (χ2n) is 5.34. The monoisotopic (exact) mass is 343 g/mol. The Hall–Kier alpha value is -3.09. The minimum Gasteiger partial charge on any atom is -0.491 e. The van der Waals surface area contributed by atoms with Gasteiger partial charge in [0, 0.05) is 19.0 Å². The summed E-state index contributed by atoms with van der Waals surface area (Å²) in [6.45, 7) is 2.87. The van der Waals surface area contributed by atoms with Gasteiger partial charge >= 0.3 is 0 Å². The zero-order valence-electron chi connectivity index (χ0n) is 14.0. The number of nitrogens with zero attached hydrogens (tertiary/aromatic N) is 1. The first kappa shape index (κ1) is 18.3. The highest BCUT2D eigenvalue weighted by molar-refractivity contribution is 5.92. The Balaban J connectivity index is 1.89. The van der Waals surface area contributed by atoms with E-state index >= 15 is 0 Å². The molecule has 0 radical (unpaired) electrons. The highest BCUT2D eigenvalue weighted by Gasteiger charge is 2.12. The summed E-state index contributed by atoms with van der Waals surface area (Å²) >= 11 is 0. The van der Waals surface area contributed by atoms with Crippen molar-refractivity contribution < 1.29 is 14.5 Å². The van der Waals surface area contributed by atoms with Crippen molar-refractivity contribution in [3.63, 3.8) is 0 Å². The predicted octanol–water partition coefficient (Wildman–Crippen LogP) is 3.82. The molecule has 0 aliphatic heterocycles. The molecule has 0 unspecified atom stereocenters. The number of carbonyl (C=O) groups is 1. The van der Waals surface area contributed by atoms with Crippen molar-refractivity contribution in [3.8, 4) is 5.75 Å². The zero-order chi connectivity index (χ0) is 18.1. The lowest BCUT2D eigenvalue weighted by Gasteiger charge is -2.12. The van der Waals surface area contributed by atoms with Crippen molar-refractivity contribution in [1.29, 1.82) is 0 Å². The Kier molecular flexibility index (Phi) is 6.76. The second-order valence-corrected chi connectivity index (χ2v) is 5.34. The number of para-hydroxylation sites is 4. The average Bonchev–Trinajstić information content (AvgIpc) is 2.61. The van der Waals surface area contributed by atoms with Gasteiger partial charge in [0.25, 0.3) is 5.69 Å². The molecule has 2 rings (SSSR count). The normalized spacial score (nSPS) is 10.1. The minimum atomic E-state index is -0.455. The van der Waals surface area contributed by atoms with Crippen LogP contribution in [0.25, 0.3) is 0 Å². The lowest BCUT2D eigenvalue weighted by molar-refractivity contribution is -0.384. The molecular formula is C18H21N3O4. The summed E-state index contributed by atoms with van der Waals surface area (Å²) < 4.78 is 5.60. The van der Waals surface area contributed by atoms with Crippen molar-refractivity contribution in [3.05, 3.63) is 58.6 Å². The van der Waals surface area contributed by atoms with Crippen LogP contribution >= 0.6 is 0 Å². The van der Waals surface area contributed by atoms with E-state index in [4.69, 9.17) is 4.74 Å². The van der Waals surface area contributed by atoms with E-state index < -0.39 is 4.92 Å². The third kappa shape index (κ3) is 5.49. The summed E-state index contributed by atoms with van der Waals surface area (Å²) in [6.07, 6.45) is 1.05. The van der Waals surface area contributed by atoms with Gasteiger partial charge in [-0.25, -0.2) is 0 Å². The van der Waals surface area contributed by atoms with Gasteiger partial charge in [0.15, 0.2) is 0 Å². The molecule has 0 saturated heterocycles. The number of hydrogen-bond donors (Lipinski definition) is 2. The molecule has 0 aliphatic carbocycles. The van der Waals surface area contributed by atoms with Crippen LogP contribution in [0.3, 0.4) is 0 Å². The van der Waals surface area contributed by atoms with Gasteiger partial charge in [0.2, 0.25) is 5.91 Å². The van der Waals surface area contributed by atoms with Gasteiger partial charge in [-0.05, 0) is 24.6 Å². The Labute approximate surface area is 146 Å². The quantitative estimate of drug-likeness (QED) is 0.533. The van der Waals surface area contributed by atoms with E-state index in [-0.39, 0.29) is 24.6 Å². The fourth-order valence-corrected chi connectivity index (χ4v) is 2.21. The van der Waals surface area contributed by atoms with Crippen LogP contribution in [-0.2, 0) is 4.79 Å². The Morgan fingerprint density at radius 1 is 1.12 bits per heavy atom. The van der Waals surface area contributed by atoms with E-state index in [1.54, 1.807) is 30.3 Å². The first-order valence-electron chi connectivity index (χ1n) is 8.10. The number of amides is 1. The number of ether oxygens (including phenoxy) is 1. The average molecular weight is 343 g/mol. The largest absolute Gasteiger partial charge is 0.491 e. The van der Waals surface area contributed by atoms with Crippen LogP contribution in [0.2, 0.25) is 0 Å². The molecule has 0 aromatic heterocycles. The van der Waals surface area contributed by atoms with Gasteiger partial charge in [-0.1, -0.05) is 31.2 Å². The topological polar surface area (TPSA) is 93.5 Å². The number of anilines is 2. The number of benzene rings is 2. The summed E-state index contributed by atoms with van der Waals surface area (Å²) in [5, 5.41) is 16.7. The number of rotatable bonds is 9. The molecule has 0 bridgehead atoms. The number of hydrogen-bond acceptors (Lipinski definition) is 5. The molecule has 0 aliphatic rings. The molecule has 0 saturated carbocycles. The summed E-state index contributed by atoms with van der Waals surface area (Å²) in [6, 6.07) is 13.6. The molecule has 0 fully saturated rings. The molecule has 0 spiro atoms. The molecule has 2 N–H and O–H groups in total. The van der Waals surface area contributed by atoms with Crippen LogP contribution in [0.4, 0.5) is 17.1 Å². The highest BCUT2D eigenvalue weighted by Crippen LogP contribution is 2.25. The van der Waals surface area contributed by atoms with Crippen LogP contribution in [-0.4, -0.2) is 24.0 Å². The van der Waals surface area contributed by atoms with Crippen LogP contribution in [0.1, 0.15) is 19.8 Å². The van der Waals surface area contributed by atoms with Gasteiger partial charge < -0.3 is 15.4 Å². The van der Waals surface area contributed by atoms with Crippen molar-refractivity contribution in [1.82, 2.24) is 0 Å². The highest BCUT2D eigenvalue weighted by atomic mass is 16.6. The van der Waals surface area contributed by atoms with E-state index in [0.29, 0.717) is 23.7 Å². The van der Waals surface area contributed by atoms with Crippen molar-refractivity contribution in [2.45, 2.75) is 19.8 Å². The maximum absolute atomic E-state index is 12.1. The van der Waals surface area contributed by atoms with Crippen LogP contribution in [0.5, 0.6) is 5.75 Å². The maximum atomic E-state index is 12.1. The van der Waals surface area contributed by atoms with E-state index in [1.807, 2.05) is 19.1 Å². The van der Waals surface area contributed by atoms with Gasteiger partial charge in [0.05, 0.1) is 17.2 Å². The zero-order valence-corrected chi connectivity index (χ0v) is 14.0. The van der Waals surface area contributed by atoms with Crippen molar-refractivity contribution in [2.75, 3.05) is 23.8 Å². The first-order chi connectivity index (χ1) is 12.1. The lowest BCUT2D eigenvalue weighted by Crippen LogP contribution is -2.17. The summed E-state index contributed by atoms with van der Waals surface area (Å²) in [4.78, 5) is 22.6. The molecule has 25 heavy (non-hydrogen) atoms. The number of carbonyl (C=O) groups excluding carboxylic acids is 1. The molecule has 0 heterocycles. The van der Waals surface area contributed by atoms with Gasteiger partial charge in [-0.2, -0.15) is 0 Å². The molecule has 7 nitrogen and oxygen atoms in total. The van der Waals surface area contributed by atoms with E-state index in [9.17, 15) is 14.9 Å². The SMILES string of the molecule is CCCOc1ccccc1NC(=O)CCNc1ccccc1[N+](=O)[O-]. The molecule has 0 atom stereocenters. The number of nitro groups is 1. The predicted molar refractivity (Wildman–Crippen MR) is 97.1 cm³/mol. The second kappa shape index (κ2) is 9.27. The van der Waals surface area contributed by atoms with Crippen LogP contribution in [0, 0.1) is 10.1 Å². The maximum Gasteiger partial charge on any atom is 0.292 e. The summed E-state index contributed by atoms with van der Waals surface area (Å²) in [5.41, 5.74) is 1.000. The molecule has 132 valence electrons. The summed E-state index contributed by atoms with van der Waals surface area (Å²) in [5.74, 6) is 0.433. The fourth-order valence-electron chi connectivity index (χ4n) is 2.21. The van der Waals surface area contributed by atoms with Crippen LogP contribution in [0.15, 0.2) is 48.5 Å². The molecule has 1 amide bonds. The van der Waals surface area contributed by atoms with E-state index in [1.165, 1.54) is 6.07 Å². The lowest BCUT2D eigenvalue weighted by atomic mass is 10.2. The van der Waals surface area contributed by atoms with Crippen molar-refractivity contribution in [2.24, 2.45) is 0 Å². The number of nitro benzene ring substituents is 1. The van der Waals surface area contributed by atoms with E-state index in [2.05, 4.69) is 10.6 Å². The first-order valence-corrected chi connectivity index (χ1v) is 8.10. The smallest absolute Gasteiger partial charge is 0.292 e. The Morgan fingerprint density at radius 2 is 1.80 bits per heavy atom. The standard InChI is InChI=1S/C18H21N3O4/c1-2-13-25-17-10-6-4-8-15(17)20-18(22)11-12-19-14-7-3-5-9-16(14)21(23)24/h3-10,19H,2,11-13H2,1H3,(H,20,22). The molecule has 7 heteroatoms. The Bertz CT molecular complexity index is 734. The van der Waals surface area contributed by atoms with Crippen molar-refractivity contribution >= 4 is 23.0 Å². The molecule has 2 aromatic rings. The van der Waals surface area contributed by atoms with Gasteiger partial charge in [0.1, 0.15) is 11.4 Å². The minimum absolute atomic E-state index is 0.0128. The Morgan fingerprint density at radius 3 is 2.52 bits per heavy atom. The molecular weight excluding hydrogens is 322 g/mol.